The van der Waals surface area contributed by atoms with Crippen molar-refractivity contribution in [3.63, 3.8) is 0 Å². The van der Waals surface area contributed by atoms with E-state index in [2.05, 4.69) is 5.32 Å². The van der Waals surface area contributed by atoms with Gasteiger partial charge in [-0.15, -0.1) is 0 Å². The Morgan fingerprint density at radius 1 is 1.25 bits per heavy atom. The second-order valence-electron chi connectivity index (χ2n) is 5.68. The maximum Gasteiger partial charge on any atom is 0.127 e. The number of nitrogens with one attached hydrogen (secondary N) is 1. The molecule has 4 heteroatoms. The molecular weight excluding hydrogens is 254 g/mol. The van der Waals surface area contributed by atoms with Crippen molar-refractivity contribution in [2.45, 2.75) is 44.2 Å². The topological polar surface area (TPSA) is 50.7 Å². The van der Waals surface area contributed by atoms with Crippen LogP contribution in [0.25, 0.3) is 0 Å². The largest absolute Gasteiger partial charge is 0.497 e. The quantitative estimate of drug-likeness (QED) is 0.840. The van der Waals surface area contributed by atoms with E-state index in [1.54, 1.807) is 14.2 Å². The molecule has 1 unspecified atom stereocenters. The molecule has 0 bridgehead atoms. The summed E-state index contributed by atoms with van der Waals surface area (Å²) >= 11 is 0. The minimum Gasteiger partial charge on any atom is -0.497 e. The van der Waals surface area contributed by atoms with Gasteiger partial charge in [0, 0.05) is 17.7 Å². The summed E-state index contributed by atoms with van der Waals surface area (Å²) in [6, 6.07) is 6.20. The summed E-state index contributed by atoms with van der Waals surface area (Å²) < 4.78 is 10.7. The van der Waals surface area contributed by atoms with Crippen LogP contribution in [-0.4, -0.2) is 32.0 Å². The Morgan fingerprint density at radius 2 is 1.95 bits per heavy atom. The van der Waals surface area contributed by atoms with Crippen molar-refractivity contribution in [2.24, 2.45) is 0 Å². The Kier molecular flexibility index (Phi) is 4.89. The smallest absolute Gasteiger partial charge is 0.127 e. The van der Waals surface area contributed by atoms with Crippen LogP contribution in [0.3, 0.4) is 0 Å². The van der Waals surface area contributed by atoms with Gasteiger partial charge >= 0.3 is 0 Å². The van der Waals surface area contributed by atoms with E-state index < -0.39 is 5.54 Å². The molecule has 0 aliphatic heterocycles. The van der Waals surface area contributed by atoms with Crippen molar-refractivity contribution < 1.29 is 14.6 Å². The van der Waals surface area contributed by atoms with Gasteiger partial charge in [-0.1, -0.05) is 12.8 Å². The molecule has 1 aromatic carbocycles. The van der Waals surface area contributed by atoms with E-state index in [1.807, 2.05) is 25.1 Å². The second kappa shape index (κ2) is 6.46. The highest BCUT2D eigenvalue weighted by Crippen LogP contribution is 2.34. The Labute approximate surface area is 121 Å². The Hall–Kier alpha value is -1.26. The molecule has 0 radical (unpaired) electrons. The zero-order valence-electron chi connectivity index (χ0n) is 12.6. The molecule has 0 amide bonds. The Bertz CT molecular complexity index is 443. The van der Waals surface area contributed by atoms with Crippen LogP contribution in [0.1, 0.15) is 38.2 Å². The van der Waals surface area contributed by atoms with Crippen molar-refractivity contribution in [1.82, 2.24) is 5.32 Å². The van der Waals surface area contributed by atoms with Crippen molar-refractivity contribution in [1.29, 1.82) is 0 Å². The molecular formula is C16H25NO3. The van der Waals surface area contributed by atoms with Gasteiger partial charge in [-0.25, -0.2) is 0 Å². The third-order valence-electron chi connectivity index (χ3n) is 4.20. The van der Waals surface area contributed by atoms with Crippen molar-refractivity contribution >= 4 is 0 Å². The number of hydrogen-bond acceptors (Lipinski definition) is 4. The van der Waals surface area contributed by atoms with Crippen LogP contribution in [0.2, 0.25) is 0 Å². The van der Waals surface area contributed by atoms with Crippen molar-refractivity contribution in [3.8, 4) is 11.5 Å². The molecule has 20 heavy (non-hydrogen) atoms. The van der Waals surface area contributed by atoms with Gasteiger partial charge in [0.05, 0.1) is 26.4 Å². The number of ether oxygens (including phenoxy) is 2. The van der Waals surface area contributed by atoms with Crippen LogP contribution >= 0.6 is 0 Å². The summed E-state index contributed by atoms with van der Waals surface area (Å²) in [5.74, 6) is 1.50. The van der Waals surface area contributed by atoms with Gasteiger partial charge in [-0.05, 0) is 31.9 Å². The summed E-state index contributed by atoms with van der Waals surface area (Å²) in [5.41, 5.74) is 0.474. The number of aliphatic hydroxyl groups is 1. The molecule has 2 N–H and O–H groups in total. The summed E-state index contributed by atoms with van der Waals surface area (Å²) in [6.07, 6.45) is 4.87. The van der Waals surface area contributed by atoms with E-state index in [0.29, 0.717) is 6.04 Å². The first-order valence-electron chi connectivity index (χ1n) is 7.24. The summed E-state index contributed by atoms with van der Waals surface area (Å²) in [7, 11) is 3.28. The highest BCUT2D eigenvalue weighted by Gasteiger charge is 2.32. The van der Waals surface area contributed by atoms with Gasteiger partial charge in [-0.3, -0.25) is 0 Å². The molecule has 1 atom stereocenters. The van der Waals surface area contributed by atoms with E-state index in [1.165, 1.54) is 25.7 Å². The number of benzene rings is 1. The zero-order chi connectivity index (χ0) is 14.6. The highest BCUT2D eigenvalue weighted by molar-refractivity contribution is 5.44. The molecule has 0 saturated heterocycles. The van der Waals surface area contributed by atoms with E-state index in [4.69, 9.17) is 9.47 Å². The number of methoxy groups -OCH3 is 2. The molecule has 4 nitrogen and oxygen atoms in total. The van der Waals surface area contributed by atoms with E-state index in [0.717, 1.165) is 17.1 Å². The van der Waals surface area contributed by atoms with Gasteiger partial charge in [0.2, 0.25) is 0 Å². The molecule has 1 fully saturated rings. The second-order valence-corrected chi connectivity index (χ2v) is 5.68. The maximum atomic E-state index is 9.90. The van der Waals surface area contributed by atoms with E-state index >= 15 is 0 Å². The fourth-order valence-electron chi connectivity index (χ4n) is 2.98. The predicted molar refractivity (Wildman–Crippen MR) is 79.4 cm³/mol. The average molecular weight is 279 g/mol. The molecule has 1 aliphatic carbocycles. The third kappa shape index (κ3) is 3.07. The number of aliphatic hydroxyl groups excluding tert-OH is 1. The monoisotopic (exact) mass is 279 g/mol. The fraction of sp³-hybridized carbons (Fsp3) is 0.625. The average Bonchev–Trinajstić information content (AvgIpc) is 2.99. The maximum absolute atomic E-state index is 9.90. The van der Waals surface area contributed by atoms with E-state index in [9.17, 15) is 5.11 Å². The first-order chi connectivity index (χ1) is 9.62. The van der Waals surface area contributed by atoms with Gasteiger partial charge in [-0.2, -0.15) is 0 Å². The molecule has 0 spiro atoms. The van der Waals surface area contributed by atoms with Gasteiger partial charge in [0.25, 0.3) is 0 Å². The van der Waals surface area contributed by atoms with Crippen molar-refractivity contribution in [2.75, 3.05) is 20.8 Å². The Balaban J connectivity index is 2.29. The Morgan fingerprint density at radius 3 is 2.50 bits per heavy atom. The highest BCUT2D eigenvalue weighted by atomic mass is 16.5. The van der Waals surface area contributed by atoms with Crippen LogP contribution in [0.15, 0.2) is 18.2 Å². The molecule has 1 saturated carbocycles. The van der Waals surface area contributed by atoms with Gasteiger partial charge < -0.3 is 19.9 Å². The predicted octanol–water partition coefficient (Wildman–Crippen LogP) is 2.44. The number of rotatable bonds is 6. The minimum atomic E-state index is -0.493. The molecule has 1 aromatic rings. The lowest BCUT2D eigenvalue weighted by Gasteiger charge is -2.34. The normalized spacial score (nSPS) is 18.8. The van der Waals surface area contributed by atoms with E-state index in [-0.39, 0.29) is 6.61 Å². The summed E-state index contributed by atoms with van der Waals surface area (Å²) in [4.78, 5) is 0. The molecule has 0 heterocycles. The molecule has 0 aromatic heterocycles. The van der Waals surface area contributed by atoms with Crippen LogP contribution in [0.4, 0.5) is 0 Å². The molecule has 112 valence electrons. The lowest BCUT2D eigenvalue weighted by atomic mass is 9.90. The number of hydrogen-bond donors (Lipinski definition) is 2. The SMILES string of the molecule is COc1ccc(C(C)(CO)NC2CCCC2)c(OC)c1. The first kappa shape index (κ1) is 15.1. The molecule has 1 aliphatic rings. The summed E-state index contributed by atoms with van der Waals surface area (Å²) in [6.45, 7) is 2.06. The van der Waals surface area contributed by atoms with Crippen LogP contribution < -0.4 is 14.8 Å². The van der Waals surface area contributed by atoms with Crippen molar-refractivity contribution in [3.05, 3.63) is 23.8 Å². The minimum absolute atomic E-state index is 0.0339. The fourth-order valence-corrected chi connectivity index (χ4v) is 2.98. The lowest BCUT2D eigenvalue weighted by molar-refractivity contribution is 0.158. The third-order valence-corrected chi connectivity index (χ3v) is 4.20. The van der Waals surface area contributed by atoms with Gasteiger partial charge in [0.15, 0.2) is 0 Å². The van der Waals surface area contributed by atoms with Crippen LogP contribution in [-0.2, 0) is 5.54 Å². The first-order valence-corrected chi connectivity index (χ1v) is 7.24. The van der Waals surface area contributed by atoms with Crippen LogP contribution in [0.5, 0.6) is 11.5 Å². The summed E-state index contributed by atoms with van der Waals surface area (Å²) in [5, 5.41) is 13.5. The standard InChI is InChI=1S/C16H25NO3/c1-16(11-18,17-12-6-4-5-7-12)14-9-8-13(19-2)10-15(14)20-3/h8-10,12,17-18H,4-7,11H2,1-3H3. The van der Waals surface area contributed by atoms with Gasteiger partial charge in [0.1, 0.15) is 11.5 Å². The molecule has 2 rings (SSSR count). The lowest BCUT2D eigenvalue weighted by Crippen LogP contribution is -2.47. The zero-order valence-corrected chi connectivity index (χ0v) is 12.6. The van der Waals surface area contributed by atoms with Crippen LogP contribution in [0, 0.1) is 0 Å².